The number of carbonyl (C=O) groups is 1. The smallest absolute Gasteiger partial charge is 0.310 e. The highest BCUT2D eigenvalue weighted by atomic mass is 19.3. The lowest BCUT2D eigenvalue weighted by Crippen LogP contribution is -2.63. The van der Waals surface area contributed by atoms with Gasteiger partial charge in [0, 0.05) is 16.7 Å². The lowest BCUT2D eigenvalue weighted by atomic mass is 9.96. The van der Waals surface area contributed by atoms with Crippen LogP contribution in [0.3, 0.4) is 0 Å². The second kappa shape index (κ2) is 6.35. The van der Waals surface area contributed by atoms with Gasteiger partial charge in [0.05, 0.1) is 6.54 Å². The lowest BCUT2D eigenvalue weighted by molar-refractivity contribution is -0.298. The number of carbonyl (C=O) groups excluding carboxylic acids is 1. The topological polar surface area (TPSA) is 153 Å². The van der Waals surface area contributed by atoms with E-state index in [1.165, 1.54) is 0 Å². The maximum atomic E-state index is 14.1. The first-order chi connectivity index (χ1) is 9.34. The van der Waals surface area contributed by atoms with Gasteiger partial charge in [0.15, 0.2) is 12.4 Å². The average Bonchev–Trinajstić information content (AvgIpc) is 2.36. The van der Waals surface area contributed by atoms with Crippen molar-refractivity contribution in [3.63, 3.8) is 0 Å². The first kappa shape index (κ1) is 15.9. The molecule has 0 aromatic heterocycles. The van der Waals surface area contributed by atoms with E-state index in [1.54, 1.807) is 0 Å². The molecule has 0 bridgehead atoms. The zero-order valence-corrected chi connectivity index (χ0v) is 10.1. The molecule has 1 saturated heterocycles. The summed E-state index contributed by atoms with van der Waals surface area (Å²) < 4.78 is 37.2. The van der Waals surface area contributed by atoms with E-state index in [1.807, 2.05) is 0 Å². The van der Waals surface area contributed by atoms with Crippen molar-refractivity contribution in [2.75, 3.05) is 6.54 Å². The standard InChI is InChI=1S/C8H10F2N6O4/c1-3(17)19-6-5(14-16-12)7(18)20-4(2-13-15-11)8(6,9)10/h4-7,18H,2H2,1H3/t4-,5-,6-,7+/m1/s1. The Kier molecular flexibility index (Phi) is 5.06. The molecule has 1 heterocycles. The molecule has 10 nitrogen and oxygen atoms in total. The summed E-state index contributed by atoms with van der Waals surface area (Å²) in [6.07, 6.45) is -6.16. The Morgan fingerprint density at radius 1 is 1.50 bits per heavy atom. The van der Waals surface area contributed by atoms with Crippen LogP contribution in [0.1, 0.15) is 6.92 Å². The number of aliphatic hydroxyl groups excluding tert-OH is 1. The van der Waals surface area contributed by atoms with Crippen LogP contribution in [0.2, 0.25) is 0 Å². The molecule has 110 valence electrons. The Bertz CT molecular complexity index is 476. The molecule has 1 rings (SSSR count). The van der Waals surface area contributed by atoms with Crippen LogP contribution >= 0.6 is 0 Å². The molecular formula is C8H10F2N6O4. The molecular weight excluding hydrogens is 282 g/mol. The minimum atomic E-state index is -3.81. The van der Waals surface area contributed by atoms with E-state index in [2.05, 4.69) is 29.5 Å². The fourth-order valence-corrected chi connectivity index (χ4v) is 1.68. The summed E-state index contributed by atoms with van der Waals surface area (Å²) in [5, 5.41) is 15.4. The molecule has 0 saturated carbocycles. The van der Waals surface area contributed by atoms with E-state index >= 15 is 0 Å². The van der Waals surface area contributed by atoms with Crippen LogP contribution < -0.4 is 0 Å². The Balaban J connectivity index is 3.13. The number of azide groups is 2. The predicted molar refractivity (Wildman–Crippen MR) is 58.3 cm³/mol. The number of esters is 1. The molecule has 0 amide bonds. The summed E-state index contributed by atoms with van der Waals surface area (Å²) in [5.41, 5.74) is 16.4. The Morgan fingerprint density at radius 2 is 2.15 bits per heavy atom. The van der Waals surface area contributed by atoms with Gasteiger partial charge in [-0.25, -0.2) is 0 Å². The van der Waals surface area contributed by atoms with Crippen molar-refractivity contribution in [3.8, 4) is 0 Å². The zero-order chi connectivity index (χ0) is 15.3. The first-order valence-electron chi connectivity index (χ1n) is 5.28. The maximum absolute atomic E-state index is 14.1. The third kappa shape index (κ3) is 3.25. The number of nitrogens with zero attached hydrogens (tertiary/aromatic N) is 6. The number of alkyl halides is 2. The molecule has 1 fully saturated rings. The molecule has 1 aliphatic heterocycles. The molecule has 0 aromatic rings. The molecule has 0 unspecified atom stereocenters. The summed E-state index contributed by atoms with van der Waals surface area (Å²) in [6, 6.07) is -1.82. The fraction of sp³-hybridized carbons (Fsp3) is 0.875. The highest BCUT2D eigenvalue weighted by Gasteiger charge is 2.59. The van der Waals surface area contributed by atoms with Crippen molar-refractivity contribution in [2.24, 2.45) is 10.2 Å². The largest absolute Gasteiger partial charge is 0.455 e. The number of halogens is 2. The summed E-state index contributed by atoms with van der Waals surface area (Å²) in [5.74, 6) is -4.86. The number of rotatable bonds is 4. The highest BCUT2D eigenvalue weighted by molar-refractivity contribution is 5.66. The number of hydrogen-bond acceptors (Lipinski definition) is 6. The Morgan fingerprint density at radius 3 is 2.65 bits per heavy atom. The predicted octanol–water partition coefficient (Wildman–Crippen LogP) is 1.26. The molecule has 0 radical (unpaired) electrons. The molecule has 1 aliphatic rings. The van der Waals surface area contributed by atoms with E-state index < -0.39 is 43.0 Å². The number of ether oxygens (including phenoxy) is 2. The van der Waals surface area contributed by atoms with Gasteiger partial charge in [-0.3, -0.25) is 4.79 Å². The van der Waals surface area contributed by atoms with E-state index in [-0.39, 0.29) is 0 Å². The minimum absolute atomic E-state index is 0.790. The van der Waals surface area contributed by atoms with Crippen LogP contribution in [0.15, 0.2) is 10.2 Å². The first-order valence-corrected chi connectivity index (χ1v) is 5.28. The average molecular weight is 292 g/mol. The van der Waals surface area contributed by atoms with Crippen molar-refractivity contribution < 1.29 is 28.2 Å². The van der Waals surface area contributed by atoms with Crippen LogP contribution in [-0.4, -0.2) is 48.1 Å². The van der Waals surface area contributed by atoms with Crippen molar-refractivity contribution in [2.45, 2.75) is 37.4 Å². The molecule has 20 heavy (non-hydrogen) atoms. The molecule has 0 aliphatic carbocycles. The molecule has 12 heteroatoms. The van der Waals surface area contributed by atoms with Gasteiger partial charge < -0.3 is 14.6 Å². The van der Waals surface area contributed by atoms with E-state index in [0.717, 1.165) is 6.92 Å². The van der Waals surface area contributed by atoms with Crippen LogP contribution in [0.25, 0.3) is 20.9 Å². The van der Waals surface area contributed by atoms with Gasteiger partial charge in [0.25, 0.3) is 0 Å². The van der Waals surface area contributed by atoms with Crippen molar-refractivity contribution in [1.29, 1.82) is 0 Å². The van der Waals surface area contributed by atoms with Gasteiger partial charge in [-0.1, -0.05) is 10.2 Å². The van der Waals surface area contributed by atoms with Crippen LogP contribution in [0, 0.1) is 0 Å². The summed E-state index contributed by atoms with van der Waals surface area (Å²) in [6.45, 7) is 0.0921. The SMILES string of the molecule is CC(=O)O[C@@H]1[C@@H](N=[N+]=[N-])[C@@H](O)O[C@H](CN=[N+]=[N-])C1(F)F. The quantitative estimate of drug-likeness (QED) is 0.358. The molecule has 4 atom stereocenters. The third-order valence-electron chi connectivity index (χ3n) is 2.50. The second-order valence-corrected chi connectivity index (χ2v) is 3.83. The summed E-state index contributed by atoms with van der Waals surface area (Å²) in [4.78, 5) is 15.5. The number of hydrogen-bond donors (Lipinski definition) is 1. The summed E-state index contributed by atoms with van der Waals surface area (Å²) >= 11 is 0. The van der Waals surface area contributed by atoms with Gasteiger partial charge >= 0.3 is 11.9 Å². The highest BCUT2D eigenvalue weighted by Crippen LogP contribution is 2.37. The Hall–Kier alpha value is -2.13. The van der Waals surface area contributed by atoms with Crippen LogP contribution in [-0.2, 0) is 14.3 Å². The van der Waals surface area contributed by atoms with Gasteiger partial charge in [0.2, 0.25) is 0 Å². The van der Waals surface area contributed by atoms with Gasteiger partial charge in [-0.2, -0.15) is 8.78 Å². The van der Waals surface area contributed by atoms with Crippen LogP contribution in [0.4, 0.5) is 8.78 Å². The van der Waals surface area contributed by atoms with E-state index in [0.29, 0.717) is 0 Å². The maximum Gasteiger partial charge on any atom is 0.310 e. The fourth-order valence-electron chi connectivity index (χ4n) is 1.68. The summed E-state index contributed by atoms with van der Waals surface area (Å²) in [7, 11) is 0. The third-order valence-corrected chi connectivity index (χ3v) is 2.50. The number of aliphatic hydroxyl groups is 1. The molecule has 1 N–H and O–H groups in total. The lowest BCUT2D eigenvalue weighted by Gasteiger charge is -2.42. The van der Waals surface area contributed by atoms with Crippen LogP contribution in [0.5, 0.6) is 0 Å². The van der Waals surface area contributed by atoms with E-state index in [4.69, 9.17) is 11.1 Å². The van der Waals surface area contributed by atoms with Crippen molar-refractivity contribution >= 4 is 5.97 Å². The van der Waals surface area contributed by atoms with Crippen molar-refractivity contribution in [1.82, 2.24) is 0 Å². The van der Waals surface area contributed by atoms with Gasteiger partial charge in [-0.05, 0) is 11.1 Å². The normalized spacial score (nSPS) is 31.6. The Labute approximate surface area is 110 Å². The monoisotopic (exact) mass is 292 g/mol. The van der Waals surface area contributed by atoms with Crippen molar-refractivity contribution in [3.05, 3.63) is 20.9 Å². The van der Waals surface area contributed by atoms with Gasteiger partial charge in [-0.15, -0.1) is 0 Å². The molecule has 0 spiro atoms. The molecule has 0 aromatic carbocycles. The second-order valence-electron chi connectivity index (χ2n) is 3.83. The van der Waals surface area contributed by atoms with E-state index in [9.17, 15) is 18.7 Å². The zero-order valence-electron chi connectivity index (χ0n) is 10.1. The minimum Gasteiger partial charge on any atom is -0.455 e. The van der Waals surface area contributed by atoms with Gasteiger partial charge in [0.1, 0.15) is 12.1 Å².